The van der Waals surface area contributed by atoms with Crippen LogP contribution in [0, 0.1) is 0 Å². The SMILES string of the molecule is CC1Cc2c(C(=O)O)cccc2N1c1nncc(NCc2ccccc2)n1. The van der Waals surface area contributed by atoms with Crippen LogP contribution in [0.25, 0.3) is 0 Å². The Morgan fingerprint density at radius 3 is 2.81 bits per heavy atom. The maximum atomic E-state index is 11.5. The van der Waals surface area contributed by atoms with E-state index in [1.165, 1.54) is 0 Å². The molecule has 3 aromatic rings. The Bertz CT molecular complexity index is 977. The van der Waals surface area contributed by atoms with Crippen LogP contribution in [0.1, 0.15) is 28.4 Å². The van der Waals surface area contributed by atoms with Gasteiger partial charge in [-0.2, -0.15) is 10.1 Å². The molecule has 1 atom stereocenters. The van der Waals surface area contributed by atoms with Crippen molar-refractivity contribution in [3.63, 3.8) is 0 Å². The van der Waals surface area contributed by atoms with Crippen molar-refractivity contribution in [3.8, 4) is 0 Å². The highest BCUT2D eigenvalue weighted by molar-refractivity contribution is 5.92. The molecule has 7 nitrogen and oxygen atoms in total. The average molecular weight is 361 g/mol. The van der Waals surface area contributed by atoms with Crippen molar-refractivity contribution in [1.29, 1.82) is 0 Å². The summed E-state index contributed by atoms with van der Waals surface area (Å²) in [7, 11) is 0. The van der Waals surface area contributed by atoms with Gasteiger partial charge >= 0.3 is 5.97 Å². The van der Waals surface area contributed by atoms with E-state index in [2.05, 4.69) is 20.5 Å². The summed E-state index contributed by atoms with van der Waals surface area (Å²) < 4.78 is 0. The van der Waals surface area contributed by atoms with Crippen molar-refractivity contribution >= 4 is 23.4 Å². The van der Waals surface area contributed by atoms with E-state index in [1.807, 2.05) is 48.2 Å². The fraction of sp³-hybridized carbons (Fsp3) is 0.200. The molecule has 0 fully saturated rings. The van der Waals surface area contributed by atoms with Crippen LogP contribution < -0.4 is 10.2 Å². The number of carboxylic acid groups (broad SMARTS) is 1. The van der Waals surface area contributed by atoms with Gasteiger partial charge < -0.3 is 15.3 Å². The number of nitrogens with zero attached hydrogens (tertiary/aromatic N) is 4. The van der Waals surface area contributed by atoms with Crippen molar-refractivity contribution in [1.82, 2.24) is 15.2 Å². The first kappa shape index (κ1) is 17.0. The summed E-state index contributed by atoms with van der Waals surface area (Å²) >= 11 is 0. The third kappa shape index (κ3) is 3.31. The molecule has 2 heterocycles. The molecule has 4 rings (SSSR count). The number of rotatable bonds is 5. The van der Waals surface area contributed by atoms with E-state index in [0.29, 0.717) is 30.3 Å². The number of fused-ring (bicyclic) bond motifs is 1. The minimum absolute atomic E-state index is 0.0478. The van der Waals surface area contributed by atoms with Crippen LogP contribution in [-0.4, -0.2) is 32.3 Å². The molecule has 0 saturated carbocycles. The predicted molar refractivity (Wildman–Crippen MR) is 102 cm³/mol. The smallest absolute Gasteiger partial charge is 0.336 e. The molecule has 0 saturated heterocycles. The summed E-state index contributed by atoms with van der Waals surface area (Å²) in [6.45, 7) is 2.66. The Morgan fingerprint density at radius 2 is 2.04 bits per heavy atom. The molecule has 2 N–H and O–H groups in total. The Balaban J connectivity index is 1.61. The van der Waals surface area contributed by atoms with Crippen molar-refractivity contribution in [2.24, 2.45) is 0 Å². The van der Waals surface area contributed by atoms with Crippen LogP contribution in [0.5, 0.6) is 0 Å². The molecule has 0 radical (unpaired) electrons. The summed E-state index contributed by atoms with van der Waals surface area (Å²) in [6.07, 6.45) is 2.21. The molecule has 1 aliphatic heterocycles. The second kappa shape index (κ2) is 7.03. The molecule has 1 aromatic heterocycles. The lowest BCUT2D eigenvalue weighted by atomic mass is 10.0. The first-order valence-corrected chi connectivity index (χ1v) is 8.75. The number of hydrogen-bond donors (Lipinski definition) is 2. The van der Waals surface area contributed by atoms with Crippen LogP contribution in [0.4, 0.5) is 17.5 Å². The van der Waals surface area contributed by atoms with Crippen molar-refractivity contribution < 1.29 is 9.90 Å². The third-order valence-corrected chi connectivity index (χ3v) is 4.66. The Labute approximate surface area is 156 Å². The highest BCUT2D eigenvalue weighted by Gasteiger charge is 2.32. The monoisotopic (exact) mass is 361 g/mol. The normalized spacial score (nSPS) is 15.4. The van der Waals surface area contributed by atoms with Crippen molar-refractivity contribution in [3.05, 3.63) is 71.4 Å². The van der Waals surface area contributed by atoms with Gasteiger partial charge in [0.15, 0.2) is 5.82 Å². The number of nitrogens with one attached hydrogen (secondary N) is 1. The molecule has 7 heteroatoms. The second-order valence-corrected chi connectivity index (χ2v) is 6.51. The van der Waals surface area contributed by atoms with Gasteiger partial charge in [-0.25, -0.2) is 4.79 Å². The van der Waals surface area contributed by atoms with Gasteiger partial charge in [0.1, 0.15) is 0 Å². The molecule has 27 heavy (non-hydrogen) atoms. The summed E-state index contributed by atoms with van der Waals surface area (Å²) in [6, 6.07) is 15.4. The minimum atomic E-state index is -0.918. The maximum Gasteiger partial charge on any atom is 0.336 e. The Morgan fingerprint density at radius 1 is 1.22 bits per heavy atom. The number of carboxylic acids is 1. The van der Waals surface area contributed by atoms with E-state index in [0.717, 1.165) is 16.8 Å². The first-order chi connectivity index (χ1) is 13.1. The van der Waals surface area contributed by atoms with E-state index < -0.39 is 5.97 Å². The first-order valence-electron chi connectivity index (χ1n) is 8.75. The lowest BCUT2D eigenvalue weighted by molar-refractivity contribution is 0.0696. The van der Waals surface area contributed by atoms with Crippen molar-refractivity contribution in [2.75, 3.05) is 10.2 Å². The van der Waals surface area contributed by atoms with Gasteiger partial charge in [-0.05, 0) is 36.6 Å². The van der Waals surface area contributed by atoms with E-state index in [9.17, 15) is 9.90 Å². The molecular formula is C20H19N5O2. The van der Waals surface area contributed by atoms with Crippen LogP contribution >= 0.6 is 0 Å². The van der Waals surface area contributed by atoms with Gasteiger partial charge in [-0.1, -0.05) is 36.4 Å². The Kier molecular flexibility index (Phi) is 4.42. The van der Waals surface area contributed by atoms with Gasteiger partial charge in [0.2, 0.25) is 0 Å². The molecule has 0 aliphatic carbocycles. The number of hydrogen-bond acceptors (Lipinski definition) is 6. The fourth-order valence-corrected chi connectivity index (χ4v) is 3.41. The molecular weight excluding hydrogens is 342 g/mol. The van der Waals surface area contributed by atoms with E-state index in [4.69, 9.17) is 0 Å². The summed E-state index contributed by atoms with van der Waals surface area (Å²) in [5.41, 5.74) is 3.10. The largest absolute Gasteiger partial charge is 0.478 e. The zero-order valence-electron chi connectivity index (χ0n) is 14.8. The number of carbonyl (C=O) groups is 1. The summed E-state index contributed by atoms with van der Waals surface area (Å²) in [4.78, 5) is 18.0. The molecule has 1 unspecified atom stereocenters. The zero-order chi connectivity index (χ0) is 18.8. The van der Waals surface area contributed by atoms with E-state index >= 15 is 0 Å². The molecule has 2 aromatic carbocycles. The average Bonchev–Trinajstić information content (AvgIpc) is 3.03. The van der Waals surface area contributed by atoms with Crippen molar-refractivity contribution in [2.45, 2.75) is 25.9 Å². The van der Waals surface area contributed by atoms with Crippen LogP contribution in [0.15, 0.2) is 54.7 Å². The maximum absolute atomic E-state index is 11.5. The lowest BCUT2D eigenvalue weighted by Crippen LogP contribution is -2.26. The molecule has 0 bridgehead atoms. The highest BCUT2D eigenvalue weighted by atomic mass is 16.4. The quantitative estimate of drug-likeness (QED) is 0.720. The molecule has 136 valence electrons. The lowest BCUT2D eigenvalue weighted by Gasteiger charge is -2.22. The second-order valence-electron chi connectivity index (χ2n) is 6.51. The minimum Gasteiger partial charge on any atom is -0.478 e. The standard InChI is InChI=1S/C20H19N5O2/c1-13-10-16-15(19(26)27)8-5-9-17(16)25(13)20-23-18(12-22-24-20)21-11-14-6-3-2-4-7-14/h2-9,12-13H,10-11H2,1H3,(H,26,27)(H,21,23,24). The van der Waals surface area contributed by atoms with E-state index in [1.54, 1.807) is 18.3 Å². The van der Waals surface area contributed by atoms with Gasteiger partial charge in [0.25, 0.3) is 5.95 Å². The van der Waals surface area contributed by atoms with Gasteiger partial charge in [0.05, 0.1) is 11.8 Å². The van der Waals surface area contributed by atoms with Crippen LogP contribution in [0.2, 0.25) is 0 Å². The van der Waals surface area contributed by atoms with Crippen LogP contribution in [-0.2, 0) is 13.0 Å². The predicted octanol–water partition coefficient (Wildman–Crippen LogP) is 3.26. The summed E-state index contributed by atoms with van der Waals surface area (Å²) in [5, 5.41) is 21.0. The van der Waals surface area contributed by atoms with E-state index in [-0.39, 0.29) is 6.04 Å². The summed E-state index contributed by atoms with van der Waals surface area (Å²) in [5.74, 6) is 0.166. The topological polar surface area (TPSA) is 91.2 Å². The van der Waals surface area contributed by atoms with Crippen LogP contribution in [0.3, 0.4) is 0 Å². The fourth-order valence-electron chi connectivity index (χ4n) is 3.41. The number of aromatic carboxylic acids is 1. The van der Waals surface area contributed by atoms with Gasteiger partial charge in [0, 0.05) is 18.3 Å². The molecule has 0 amide bonds. The Hall–Kier alpha value is -3.48. The number of benzene rings is 2. The third-order valence-electron chi connectivity index (χ3n) is 4.66. The molecule has 1 aliphatic rings. The van der Waals surface area contributed by atoms with Gasteiger partial charge in [-0.15, -0.1) is 5.10 Å². The number of anilines is 3. The number of aromatic nitrogens is 3. The van der Waals surface area contributed by atoms with Gasteiger partial charge in [-0.3, -0.25) is 0 Å². The zero-order valence-corrected chi connectivity index (χ0v) is 14.8. The molecule has 0 spiro atoms. The highest BCUT2D eigenvalue weighted by Crippen LogP contribution is 2.38.